The molecule has 4 nitrogen and oxygen atoms in total. The second-order valence-electron chi connectivity index (χ2n) is 3.96. The minimum Gasteiger partial charge on any atom is -0.490 e. The Morgan fingerprint density at radius 2 is 1.89 bits per heavy atom. The van der Waals surface area contributed by atoms with Gasteiger partial charge in [0.2, 0.25) is 5.75 Å². The third kappa shape index (κ3) is 2.47. The third-order valence-electron chi connectivity index (χ3n) is 2.77. The summed E-state index contributed by atoms with van der Waals surface area (Å²) in [5.41, 5.74) is 0.841. The molecule has 0 N–H and O–H groups in total. The van der Waals surface area contributed by atoms with Crippen LogP contribution in [0.4, 0.5) is 0 Å². The van der Waals surface area contributed by atoms with Gasteiger partial charge in [-0.3, -0.25) is 0 Å². The first-order valence-corrected chi connectivity index (χ1v) is 6.90. The molecule has 1 heterocycles. The first-order valence-electron chi connectivity index (χ1n) is 6.11. The van der Waals surface area contributed by atoms with Gasteiger partial charge in [0.05, 0.1) is 13.2 Å². The lowest BCUT2D eigenvalue weighted by atomic mass is 10.1. The summed E-state index contributed by atoms with van der Waals surface area (Å²) in [6.45, 7) is 6.62. The highest BCUT2D eigenvalue weighted by molar-refractivity contribution is 9.10. The molecule has 2 aromatic rings. The van der Waals surface area contributed by atoms with Crippen LogP contribution in [0.15, 0.2) is 25.8 Å². The van der Waals surface area contributed by atoms with Crippen LogP contribution in [-0.4, -0.2) is 13.2 Å². The normalized spacial score (nSPS) is 10.7. The number of benzene rings is 1. The van der Waals surface area contributed by atoms with E-state index in [1.807, 2.05) is 32.9 Å². The molecule has 0 aliphatic heterocycles. The summed E-state index contributed by atoms with van der Waals surface area (Å²) in [7, 11) is 0. The van der Waals surface area contributed by atoms with Crippen LogP contribution >= 0.6 is 15.9 Å². The van der Waals surface area contributed by atoms with Crippen LogP contribution in [0.2, 0.25) is 0 Å². The molecule has 19 heavy (non-hydrogen) atoms. The number of halogens is 1. The van der Waals surface area contributed by atoms with Gasteiger partial charge in [0.1, 0.15) is 4.47 Å². The van der Waals surface area contributed by atoms with Gasteiger partial charge in [-0.15, -0.1) is 0 Å². The summed E-state index contributed by atoms with van der Waals surface area (Å²) in [5.74, 6) is 1.07. The van der Waals surface area contributed by atoms with E-state index < -0.39 is 5.63 Å². The van der Waals surface area contributed by atoms with E-state index >= 15 is 0 Å². The second kappa shape index (κ2) is 5.65. The predicted molar refractivity (Wildman–Crippen MR) is 77.3 cm³/mol. The van der Waals surface area contributed by atoms with Crippen molar-refractivity contribution in [3.05, 3.63) is 32.6 Å². The van der Waals surface area contributed by atoms with Crippen LogP contribution in [0, 0.1) is 6.92 Å². The van der Waals surface area contributed by atoms with E-state index in [9.17, 15) is 4.79 Å². The topological polar surface area (TPSA) is 48.7 Å². The Morgan fingerprint density at radius 1 is 1.21 bits per heavy atom. The average molecular weight is 327 g/mol. The van der Waals surface area contributed by atoms with Crippen molar-refractivity contribution in [1.29, 1.82) is 0 Å². The molecule has 0 spiro atoms. The van der Waals surface area contributed by atoms with Crippen LogP contribution in [0.1, 0.15) is 19.4 Å². The van der Waals surface area contributed by atoms with Gasteiger partial charge in [0.15, 0.2) is 11.3 Å². The highest BCUT2D eigenvalue weighted by Gasteiger charge is 2.17. The van der Waals surface area contributed by atoms with Gasteiger partial charge in [0.25, 0.3) is 0 Å². The fourth-order valence-electron chi connectivity index (χ4n) is 1.90. The summed E-state index contributed by atoms with van der Waals surface area (Å²) in [5, 5.41) is 0.832. The molecule has 0 aliphatic carbocycles. The first kappa shape index (κ1) is 13.9. The van der Waals surface area contributed by atoms with Gasteiger partial charge in [-0.1, -0.05) is 0 Å². The molecule has 0 fully saturated rings. The molecule has 2 rings (SSSR count). The molecule has 102 valence electrons. The van der Waals surface area contributed by atoms with Gasteiger partial charge in [-0.2, -0.15) is 0 Å². The molecule has 5 heteroatoms. The Bertz CT molecular complexity index is 661. The lowest BCUT2D eigenvalue weighted by molar-refractivity contribution is 0.286. The Kier molecular flexibility index (Phi) is 4.14. The maximum atomic E-state index is 11.8. The largest absolute Gasteiger partial charge is 0.490 e. The Labute approximate surface area is 119 Å². The molecule has 0 atom stereocenters. The SMILES string of the molecule is CCOc1ccc2c(C)c(Br)c(=O)oc2c1OCC. The van der Waals surface area contributed by atoms with Crippen molar-refractivity contribution in [1.82, 2.24) is 0 Å². The molecule has 0 bridgehead atoms. The van der Waals surface area contributed by atoms with Crippen molar-refractivity contribution < 1.29 is 13.9 Å². The quantitative estimate of drug-likeness (QED) is 0.804. The van der Waals surface area contributed by atoms with Gasteiger partial charge in [-0.05, 0) is 54.4 Å². The van der Waals surface area contributed by atoms with Crippen molar-refractivity contribution in [2.75, 3.05) is 13.2 Å². The Balaban J connectivity index is 2.81. The smallest absolute Gasteiger partial charge is 0.351 e. The summed E-state index contributed by atoms with van der Waals surface area (Å²) < 4.78 is 16.9. The fraction of sp³-hybridized carbons (Fsp3) is 0.357. The molecule has 0 radical (unpaired) electrons. The van der Waals surface area contributed by atoms with Gasteiger partial charge >= 0.3 is 5.63 Å². The van der Waals surface area contributed by atoms with E-state index in [0.717, 1.165) is 10.9 Å². The van der Waals surface area contributed by atoms with Crippen molar-refractivity contribution in [3.63, 3.8) is 0 Å². The molecule has 0 unspecified atom stereocenters. The van der Waals surface area contributed by atoms with Crippen molar-refractivity contribution >= 4 is 26.9 Å². The summed E-state index contributed by atoms with van der Waals surface area (Å²) in [6.07, 6.45) is 0. The van der Waals surface area contributed by atoms with E-state index in [0.29, 0.717) is 34.8 Å². The maximum absolute atomic E-state index is 11.8. The molecule has 0 saturated carbocycles. The van der Waals surface area contributed by atoms with E-state index in [1.54, 1.807) is 0 Å². The number of hydrogen-bond acceptors (Lipinski definition) is 4. The minimum atomic E-state index is -0.417. The highest BCUT2D eigenvalue weighted by Crippen LogP contribution is 2.37. The lowest BCUT2D eigenvalue weighted by Gasteiger charge is -2.13. The average Bonchev–Trinajstić information content (AvgIpc) is 2.39. The molecule has 1 aromatic carbocycles. The van der Waals surface area contributed by atoms with Crippen molar-refractivity contribution in [2.45, 2.75) is 20.8 Å². The highest BCUT2D eigenvalue weighted by atomic mass is 79.9. The summed E-state index contributed by atoms with van der Waals surface area (Å²) >= 11 is 3.23. The minimum absolute atomic E-state index is 0.417. The predicted octanol–water partition coefficient (Wildman–Crippen LogP) is 3.66. The Morgan fingerprint density at radius 3 is 2.53 bits per heavy atom. The van der Waals surface area contributed by atoms with E-state index in [1.165, 1.54) is 0 Å². The zero-order chi connectivity index (χ0) is 14.0. The number of fused-ring (bicyclic) bond motifs is 1. The zero-order valence-corrected chi connectivity index (χ0v) is 12.7. The van der Waals surface area contributed by atoms with Gasteiger partial charge in [0, 0.05) is 5.39 Å². The maximum Gasteiger partial charge on any atom is 0.351 e. The van der Waals surface area contributed by atoms with E-state index in [2.05, 4.69) is 15.9 Å². The van der Waals surface area contributed by atoms with Gasteiger partial charge < -0.3 is 13.9 Å². The second-order valence-corrected chi connectivity index (χ2v) is 4.76. The number of ether oxygens (including phenoxy) is 2. The van der Waals surface area contributed by atoms with Crippen LogP contribution in [0.25, 0.3) is 11.0 Å². The number of hydrogen-bond donors (Lipinski definition) is 0. The van der Waals surface area contributed by atoms with Crippen LogP contribution in [0.5, 0.6) is 11.5 Å². The standard InChI is InChI=1S/C14H15BrO4/c1-4-17-10-7-6-9-8(3)11(15)14(16)19-12(9)13(10)18-5-2/h6-7H,4-5H2,1-3H3. The van der Waals surface area contributed by atoms with Gasteiger partial charge in [-0.25, -0.2) is 4.79 Å². The van der Waals surface area contributed by atoms with Crippen LogP contribution < -0.4 is 15.1 Å². The number of rotatable bonds is 4. The molecule has 0 saturated heterocycles. The molecular formula is C14H15BrO4. The van der Waals surface area contributed by atoms with Crippen LogP contribution in [0.3, 0.4) is 0 Å². The molecule has 0 amide bonds. The zero-order valence-electron chi connectivity index (χ0n) is 11.1. The molecule has 1 aromatic heterocycles. The van der Waals surface area contributed by atoms with Crippen molar-refractivity contribution in [2.24, 2.45) is 0 Å². The van der Waals surface area contributed by atoms with E-state index in [-0.39, 0.29) is 0 Å². The monoisotopic (exact) mass is 326 g/mol. The lowest BCUT2D eigenvalue weighted by Crippen LogP contribution is -2.05. The van der Waals surface area contributed by atoms with E-state index in [4.69, 9.17) is 13.9 Å². The fourth-order valence-corrected chi connectivity index (χ4v) is 2.19. The van der Waals surface area contributed by atoms with Crippen molar-refractivity contribution in [3.8, 4) is 11.5 Å². The first-order chi connectivity index (χ1) is 9.10. The third-order valence-corrected chi connectivity index (χ3v) is 3.69. The summed E-state index contributed by atoms with van der Waals surface area (Å²) in [6, 6.07) is 3.70. The molecule has 0 aliphatic rings. The summed E-state index contributed by atoms with van der Waals surface area (Å²) in [4.78, 5) is 11.8. The van der Waals surface area contributed by atoms with Crippen LogP contribution in [-0.2, 0) is 0 Å². The molecular weight excluding hydrogens is 312 g/mol. The Hall–Kier alpha value is -1.49. The number of aryl methyl sites for hydroxylation is 1.